The molecule has 1 N–H and O–H groups in total. The first-order valence-corrected chi connectivity index (χ1v) is 11.0. The average Bonchev–Trinajstić information content (AvgIpc) is 3.43. The number of amides is 1. The van der Waals surface area contributed by atoms with E-state index in [9.17, 15) is 10.1 Å². The van der Waals surface area contributed by atoms with Gasteiger partial charge in [-0.05, 0) is 60.7 Å². The molecule has 0 unspecified atom stereocenters. The fourth-order valence-corrected chi connectivity index (χ4v) is 4.34. The zero-order valence-electron chi connectivity index (χ0n) is 19.0. The van der Waals surface area contributed by atoms with Crippen LogP contribution in [-0.2, 0) is 11.3 Å². The molecule has 1 aliphatic heterocycles. The summed E-state index contributed by atoms with van der Waals surface area (Å²) in [5, 5.41) is 14.8. The van der Waals surface area contributed by atoms with Gasteiger partial charge in [0.15, 0.2) is 11.5 Å². The van der Waals surface area contributed by atoms with Gasteiger partial charge in [0.1, 0.15) is 11.6 Å². The highest BCUT2D eigenvalue weighted by molar-refractivity contribution is 6.02. The van der Waals surface area contributed by atoms with Crippen molar-refractivity contribution in [1.82, 2.24) is 9.88 Å². The summed E-state index contributed by atoms with van der Waals surface area (Å²) in [4.78, 5) is 12.8. The average molecular weight is 450 g/mol. The molecule has 2 heterocycles. The Kier molecular flexibility index (Phi) is 5.52. The number of ether oxygens (including phenoxy) is 2. The van der Waals surface area contributed by atoms with Gasteiger partial charge >= 0.3 is 0 Å². The van der Waals surface area contributed by atoms with E-state index in [2.05, 4.69) is 34.1 Å². The van der Waals surface area contributed by atoms with Gasteiger partial charge in [0.25, 0.3) is 5.91 Å². The van der Waals surface area contributed by atoms with Gasteiger partial charge in [-0.25, -0.2) is 0 Å². The van der Waals surface area contributed by atoms with E-state index in [0.717, 1.165) is 39.0 Å². The summed E-state index contributed by atoms with van der Waals surface area (Å²) in [7, 11) is 0. The van der Waals surface area contributed by atoms with Crippen LogP contribution in [0, 0.1) is 25.2 Å². The summed E-state index contributed by atoms with van der Waals surface area (Å²) in [6.45, 7) is 4.51. The van der Waals surface area contributed by atoms with Crippen molar-refractivity contribution in [2.45, 2.75) is 20.4 Å². The minimum absolute atomic E-state index is 0.0545. The Bertz CT molecular complexity index is 1490. The number of benzene rings is 3. The third kappa shape index (κ3) is 3.89. The van der Waals surface area contributed by atoms with Crippen molar-refractivity contribution < 1.29 is 14.3 Å². The molecule has 0 fully saturated rings. The maximum absolute atomic E-state index is 12.8. The highest BCUT2D eigenvalue weighted by atomic mass is 16.7. The molecule has 6 heteroatoms. The van der Waals surface area contributed by atoms with Crippen molar-refractivity contribution in [2.75, 3.05) is 6.79 Å². The normalized spacial score (nSPS) is 12.6. The molecule has 0 bridgehead atoms. The van der Waals surface area contributed by atoms with E-state index in [1.165, 1.54) is 0 Å². The Hall–Kier alpha value is -4.50. The highest BCUT2D eigenvalue weighted by Gasteiger charge is 2.16. The summed E-state index contributed by atoms with van der Waals surface area (Å²) >= 11 is 0. The summed E-state index contributed by atoms with van der Waals surface area (Å²) in [6, 6.07) is 24.0. The second kappa shape index (κ2) is 8.80. The van der Waals surface area contributed by atoms with Crippen molar-refractivity contribution in [3.8, 4) is 23.3 Å². The number of fused-ring (bicyclic) bond motifs is 2. The summed E-state index contributed by atoms with van der Waals surface area (Å²) in [6.07, 6.45) is 1.65. The third-order valence-corrected chi connectivity index (χ3v) is 6.03. The molecular formula is C28H23N3O3. The molecule has 34 heavy (non-hydrogen) atoms. The molecule has 6 nitrogen and oxygen atoms in total. The van der Waals surface area contributed by atoms with Crippen molar-refractivity contribution in [3.05, 3.63) is 94.8 Å². The van der Waals surface area contributed by atoms with E-state index < -0.39 is 5.91 Å². The van der Waals surface area contributed by atoms with E-state index in [-0.39, 0.29) is 18.9 Å². The number of rotatable bonds is 5. The quantitative estimate of drug-likeness (QED) is 0.336. The van der Waals surface area contributed by atoms with Crippen LogP contribution in [0.1, 0.15) is 22.5 Å². The molecule has 0 saturated heterocycles. The van der Waals surface area contributed by atoms with Crippen LogP contribution in [-0.4, -0.2) is 17.3 Å². The van der Waals surface area contributed by atoms with Crippen molar-refractivity contribution in [3.63, 3.8) is 0 Å². The number of carbonyl (C=O) groups excluding carboxylic acids is 1. The fourth-order valence-electron chi connectivity index (χ4n) is 4.34. The molecular weight excluding hydrogens is 426 g/mol. The number of aryl methyl sites for hydroxylation is 1. The largest absolute Gasteiger partial charge is 0.454 e. The van der Waals surface area contributed by atoms with Crippen LogP contribution in [0.4, 0.5) is 0 Å². The lowest BCUT2D eigenvalue weighted by Gasteiger charge is -2.13. The molecule has 0 spiro atoms. The predicted molar refractivity (Wildman–Crippen MR) is 131 cm³/mol. The SMILES string of the molecule is Cc1cc(/C=C(\C#N)C(=O)NCc2ccc3c(c2)OCO3)c(C)n1-c1cccc2ccccc12. The van der Waals surface area contributed by atoms with Gasteiger partial charge in [-0.3, -0.25) is 4.79 Å². The van der Waals surface area contributed by atoms with E-state index in [1.54, 1.807) is 6.08 Å². The topological polar surface area (TPSA) is 76.3 Å². The minimum atomic E-state index is -0.421. The Morgan fingerprint density at radius 3 is 2.71 bits per heavy atom. The number of aromatic nitrogens is 1. The molecule has 0 radical (unpaired) electrons. The zero-order chi connectivity index (χ0) is 23.7. The molecule has 3 aromatic carbocycles. The number of carbonyl (C=O) groups is 1. The van der Waals surface area contributed by atoms with Crippen LogP contribution in [0.2, 0.25) is 0 Å². The first-order valence-electron chi connectivity index (χ1n) is 11.0. The lowest BCUT2D eigenvalue weighted by molar-refractivity contribution is -0.117. The second-order valence-electron chi connectivity index (χ2n) is 8.20. The number of hydrogen-bond donors (Lipinski definition) is 1. The molecule has 1 aliphatic rings. The van der Waals surface area contributed by atoms with E-state index in [4.69, 9.17) is 9.47 Å². The molecule has 4 aromatic rings. The van der Waals surface area contributed by atoms with Crippen molar-refractivity contribution in [2.24, 2.45) is 0 Å². The van der Waals surface area contributed by atoms with E-state index in [0.29, 0.717) is 11.5 Å². The maximum atomic E-state index is 12.8. The lowest BCUT2D eigenvalue weighted by Crippen LogP contribution is -2.23. The van der Waals surface area contributed by atoms with Gasteiger partial charge < -0.3 is 19.4 Å². The summed E-state index contributed by atoms with van der Waals surface area (Å²) in [5.74, 6) is 0.924. The number of nitriles is 1. The second-order valence-corrected chi connectivity index (χ2v) is 8.20. The van der Waals surface area contributed by atoms with Crippen LogP contribution in [0.15, 0.2) is 72.3 Å². The smallest absolute Gasteiger partial charge is 0.262 e. The Morgan fingerprint density at radius 2 is 1.85 bits per heavy atom. The molecule has 168 valence electrons. The van der Waals surface area contributed by atoms with Gasteiger partial charge in [-0.15, -0.1) is 0 Å². The maximum Gasteiger partial charge on any atom is 0.262 e. The zero-order valence-corrected chi connectivity index (χ0v) is 19.0. The Morgan fingerprint density at radius 1 is 1.06 bits per heavy atom. The molecule has 5 rings (SSSR count). The van der Waals surface area contributed by atoms with Gasteiger partial charge in [-0.2, -0.15) is 5.26 Å². The number of nitrogens with one attached hydrogen (secondary N) is 1. The molecule has 1 aromatic heterocycles. The molecule has 0 saturated carbocycles. The first kappa shape index (κ1) is 21.4. The van der Waals surface area contributed by atoms with Gasteiger partial charge in [-0.1, -0.05) is 42.5 Å². The van der Waals surface area contributed by atoms with E-state index in [1.807, 2.05) is 62.4 Å². The van der Waals surface area contributed by atoms with Crippen LogP contribution < -0.4 is 14.8 Å². The van der Waals surface area contributed by atoms with Crippen LogP contribution in [0.25, 0.3) is 22.5 Å². The third-order valence-electron chi connectivity index (χ3n) is 6.03. The summed E-state index contributed by atoms with van der Waals surface area (Å²) in [5.41, 5.74) is 4.81. The van der Waals surface area contributed by atoms with Crippen LogP contribution >= 0.6 is 0 Å². The van der Waals surface area contributed by atoms with Crippen molar-refractivity contribution >= 4 is 22.8 Å². The van der Waals surface area contributed by atoms with Crippen LogP contribution in [0.5, 0.6) is 11.5 Å². The molecule has 0 aliphatic carbocycles. The molecule has 0 atom stereocenters. The van der Waals surface area contributed by atoms with Gasteiger partial charge in [0, 0.05) is 23.3 Å². The van der Waals surface area contributed by atoms with Gasteiger partial charge in [0.2, 0.25) is 6.79 Å². The Balaban J connectivity index is 1.41. The monoisotopic (exact) mass is 449 g/mol. The molecule has 1 amide bonds. The number of hydrogen-bond acceptors (Lipinski definition) is 4. The van der Waals surface area contributed by atoms with Crippen LogP contribution in [0.3, 0.4) is 0 Å². The van der Waals surface area contributed by atoms with Gasteiger partial charge in [0.05, 0.1) is 5.69 Å². The fraction of sp³-hybridized carbons (Fsp3) is 0.143. The van der Waals surface area contributed by atoms with E-state index >= 15 is 0 Å². The minimum Gasteiger partial charge on any atom is -0.454 e. The number of nitrogens with zero attached hydrogens (tertiary/aromatic N) is 2. The highest BCUT2D eigenvalue weighted by Crippen LogP contribution is 2.32. The predicted octanol–water partition coefficient (Wildman–Crippen LogP) is 5.20. The standard InChI is InChI=1S/C28H23N3O3/c1-18-12-22(19(2)31(18)25-9-5-7-21-6-3-4-8-24(21)25)14-23(15-29)28(32)30-16-20-10-11-26-27(13-20)34-17-33-26/h3-14H,16-17H2,1-2H3,(H,30,32)/b23-14+. The Labute approximate surface area is 197 Å². The summed E-state index contributed by atoms with van der Waals surface area (Å²) < 4.78 is 12.9. The van der Waals surface area contributed by atoms with Crippen molar-refractivity contribution in [1.29, 1.82) is 5.26 Å². The lowest BCUT2D eigenvalue weighted by atomic mass is 10.1. The first-order chi connectivity index (χ1) is 16.5.